The van der Waals surface area contributed by atoms with Gasteiger partial charge in [-0.25, -0.2) is 0 Å². The van der Waals surface area contributed by atoms with Crippen LogP contribution < -0.4 is 10.6 Å². The number of methoxy groups -OCH3 is 1. The van der Waals surface area contributed by atoms with Gasteiger partial charge in [-0.05, 0) is 31.0 Å². The molecule has 0 aromatic heterocycles. The Morgan fingerprint density at radius 1 is 1.47 bits per heavy atom. The molecule has 0 saturated carbocycles. The van der Waals surface area contributed by atoms with E-state index in [9.17, 15) is 0 Å². The van der Waals surface area contributed by atoms with Gasteiger partial charge in [0.25, 0.3) is 0 Å². The fourth-order valence-corrected chi connectivity index (χ4v) is 2.07. The minimum absolute atomic E-state index is 0.352. The molecule has 15 heavy (non-hydrogen) atoms. The summed E-state index contributed by atoms with van der Waals surface area (Å²) in [6, 6.07) is 6.17. The van der Waals surface area contributed by atoms with Crippen LogP contribution >= 0.6 is 0 Å². The van der Waals surface area contributed by atoms with E-state index < -0.39 is 0 Å². The highest BCUT2D eigenvalue weighted by atomic mass is 16.5. The molecule has 0 spiro atoms. The van der Waals surface area contributed by atoms with E-state index in [-0.39, 0.29) is 0 Å². The van der Waals surface area contributed by atoms with E-state index in [2.05, 4.69) is 17.9 Å². The van der Waals surface area contributed by atoms with Crippen LogP contribution in [0, 0.1) is 6.92 Å². The second kappa shape index (κ2) is 4.11. The topological polar surface area (TPSA) is 38.5 Å². The van der Waals surface area contributed by atoms with Crippen LogP contribution in [-0.2, 0) is 4.74 Å². The average Bonchev–Trinajstić information content (AvgIpc) is 2.70. The lowest BCUT2D eigenvalue weighted by Gasteiger charge is -2.20. The lowest BCUT2D eigenvalue weighted by Crippen LogP contribution is -2.23. The summed E-state index contributed by atoms with van der Waals surface area (Å²) in [5.41, 5.74) is 9.23. The van der Waals surface area contributed by atoms with Crippen LogP contribution in [-0.4, -0.2) is 26.3 Å². The van der Waals surface area contributed by atoms with Crippen molar-refractivity contribution in [3.8, 4) is 0 Å². The lowest BCUT2D eigenvalue weighted by atomic mass is 10.2. The molecule has 1 aromatic carbocycles. The number of hydrogen-bond acceptors (Lipinski definition) is 3. The van der Waals surface area contributed by atoms with Crippen molar-refractivity contribution in [1.82, 2.24) is 0 Å². The van der Waals surface area contributed by atoms with Crippen LogP contribution in [0.2, 0.25) is 0 Å². The van der Waals surface area contributed by atoms with E-state index in [1.165, 1.54) is 5.56 Å². The second-order valence-corrected chi connectivity index (χ2v) is 4.15. The van der Waals surface area contributed by atoms with Gasteiger partial charge < -0.3 is 15.4 Å². The first-order valence-corrected chi connectivity index (χ1v) is 5.34. The number of hydrogen-bond donors (Lipinski definition) is 1. The minimum atomic E-state index is 0.352. The zero-order valence-corrected chi connectivity index (χ0v) is 9.36. The first kappa shape index (κ1) is 10.3. The van der Waals surface area contributed by atoms with Crippen LogP contribution in [0.1, 0.15) is 12.0 Å². The van der Waals surface area contributed by atoms with Gasteiger partial charge in [-0.3, -0.25) is 0 Å². The van der Waals surface area contributed by atoms with E-state index in [1.807, 2.05) is 12.1 Å². The predicted octanol–water partition coefficient (Wildman–Crippen LogP) is 1.80. The van der Waals surface area contributed by atoms with E-state index in [4.69, 9.17) is 10.5 Å². The van der Waals surface area contributed by atoms with E-state index >= 15 is 0 Å². The fourth-order valence-electron chi connectivity index (χ4n) is 2.07. The number of nitrogen functional groups attached to an aromatic ring is 1. The van der Waals surface area contributed by atoms with Crippen molar-refractivity contribution in [3.63, 3.8) is 0 Å². The molecule has 3 heteroatoms. The molecule has 0 radical (unpaired) electrons. The minimum Gasteiger partial charge on any atom is -0.397 e. The molecular formula is C12H18N2O. The molecule has 2 N–H and O–H groups in total. The number of aryl methyl sites for hydroxylation is 1. The standard InChI is InChI=1S/C12H18N2O/c1-9-3-4-11(13)12(7-9)14-6-5-10(8-14)15-2/h3-4,7,10H,5-6,8,13H2,1-2H3. The molecule has 1 saturated heterocycles. The van der Waals surface area contributed by atoms with Gasteiger partial charge in [0.1, 0.15) is 0 Å². The van der Waals surface area contributed by atoms with Gasteiger partial charge in [-0.1, -0.05) is 6.07 Å². The van der Waals surface area contributed by atoms with Crippen molar-refractivity contribution < 1.29 is 4.74 Å². The van der Waals surface area contributed by atoms with E-state index in [1.54, 1.807) is 7.11 Å². The van der Waals surface area contributed by atoms with Crippen molar-refractivity contribution in [3.05, 3.63) is 23.8 Å². The summed E-state index contributed by atoms with van der Waals surface area (Å²) in [6.45, 7) is 4.07. The first-order chi connectivity index (χ1) is 7.20. The largest absolute Gasteiger partial charge is 0.397 e. The Morgan fingerprint density at radius 2 is 2.27 bits per heavy atom. The van der Waals surface area contributed by atoms with Crippen molar-refractivity contribution in [2.24, 2.45) is 0 Å². The highest BCUT2D eigenvalue weighted by molar-refractivity contribution is 5.68. The maximum Gasteiger partial charge on any atom is 0.0762 e. The van der Waals surface area contributed by atoms with Crippen LogP contribution in [0.25, 0.3) is 0 Å². The second-order valence-electron chi connectivity index (χ2n) is 4.15. The predicted molar refractivity (Wildman–Crippen MR) is 63.2 cm³/mol. The Kier molecular flexibility index (Phi) is 2.82. The SMILES string of the molecule is COC1CCN(c2cc(C)ccc2N)C1. The van der Waals surface area contributed by atoms with E-state index in [0.717, 1.165) is 30.9 Å². The maximum absolute atomic E-state index is 5.97. The Bertz CT molecular complexity index is 351. The summed E-state index contributed by atoms with van der Waals surface area (Å²) < 4.78 is 5.35. The summed E-state index contributed by atoms with van der Waals surface area (Å²) in [4.78, 5) is 2.30. The highest BCUT2D eigenvalue weighted by Gasteiger charge is 2.23. The summed E-state index contributed by atoms with van der Waals surface area (Å²) in [7, 11) is 1.77. The van der Waals surface area contributed by atoms with Gasteiger partial charge in [0.15, 0.2) is 0 Å². The first-order valence-electron chi connectivity index (χ1n) is 5.34. The normalized spacial score (nSPS) is 20.9. The molecule has 1 heterocycles. The molecule has 0 amide bonds. The third-order valence-electron chi connectivity index (χ3n) is 3.00. The Labute approximate surface area is 90.8 Å². The van der Waals surface area contributed by atoms with Gasteiger partial charge in [-0.2, -0.15) is 0 Å². The third-order valence-corrected chi connectivity index (χ3v) is 3.00. The van der Waals surface area contributed by atoms with Crippen LogP contribution in [0.4, 0.5) is 11.4 Å². The number of anilines is 2. The summed E-state index contributed by atoms with van der Waals surface area (Å²) in [6.07, 6.45) is 1.44. The van der Waals surface area contributed by atoms with Crippen molar-refractivity contribution in [2.45, 2.75) is 19.4 Å². The summed E-state index contributed by atoms with van der Waals surface area (Å²) >= 11 is 0. The molecule has 1 atom stereocenters. The quantitative estimate of drug-likeness (QED) is 0.750. The highest BCUT2D eigenvalue weighted by Crippen LogP contribution is 2.28. The zero-order chi connectivity index (χ0) is 10.8. The maximum atomic E-state index is 5.97. The van der Waals surface area contributed by atoms with E-state index in [0.29, 0.717) is 6.10 Å². The number of nitrogens with two attached hydrogens (primary N) is 1. The van der Waals surface area contributed by atoms with Crippen molar-refractivity contribution in [2.75, 3.05) is 30.8 Å². The van der Waals surface area contributed by atoms with Crippen molar-refractivity contribution in [1.29, 1.82) is 0 Å². The third kappa shape index (κ3) is 2.07. The Hall–Kier alpha value is -1.22. The molecular weight excluding hydrogens is 188 g/mol. The van der Waals surface area contributed by atoms with Gasteiger partial charge in [0.05, 0.1) is 17.5 Å². The lowest BCUT2D eigenvalue weighted by molar-refractivity contribution is 0.121. The molecule has 0 aliphatic carbocycles. The number of rotatable bonds is 2. The smallest absolute Gasteiger partial charge is 0.0762 e. The van der Waals surface area contributed by atoms with Crippen molar-refractivity contribution >= 4 is 11.4 Å². The molecule has 1 unspecified atom stereocenters. The summed E-state index contributed by atoms with van der Waals surface area (Å²) in [5.74, 6) is 0. The summed E-state index contributed by atoms with van der Waals surface area (Å²) in [5, 5.41) is 0. The molecule has 1 aliphatic rings. The van der Waals surface area contributed by atoms with Crippen LogP contribution in [0.5, 0.6) is 0 Å². The van der Waals surface area contributed by atoms with Gasteiger partial charge in [0, 0.05) is 20.2 Å². The zero-order valence-electron chi connectivity index (χ0n) is 9.36. The Balaban J connectivity index is 2.19. The number of benzene rings is 1. The van der Waals surface area contributed by atoms with Gasteiger partial charge in [0.2, 0.25) is 0 Å². The number of nitrogens with zero attached hydrogens (tertiary/aromatic N) is 1. The van der Waals surface area contributed by atoms with Crippen LogP contribution in [0.15, 0.2) is 18.2 Å². The fraction of sp³-hybridized carbons (Fsp3) is 0.500. The molecule has 82 valence electrons. The molecule has 1 aromatic rings. The van der Waals surface area contributed by atoms with Gasteiger partial charge in [-0.15, -0.1) is 0 Å². The monoisotopic (exact) mass is 206 g/mol. The molecule has 1 fully saturated rings. The van der Waals surface area contributed by atoms with Crippen LogP contribution in [0.3, 0.4) is 0 Å². The molecule has 0 bridgehead atoms. The molecule has 3 nitrogen and oxygen atoms in total. The Morgan fingerprint density at radius 3 is 2.93 bits per heavy atom. The van der Waals surface area contributed by atoms with Gasteiger partial charge >= 0.3 is 0 Å². The average molecular weight is 206 g/mol. The number of ether oxygens (including phenoxy) is 1. The molecule has 2 rings (SSSR count). The molecule has 1 aliphatic heterocycles.